The average molecular weight is 203 g/mol. The van der Waals surface area contributed by atoms with E-state index in [1.807, 2.05) is 0 Å². The first-order valence-corrected chi connectivity index (χ1v) is 4.60. The van der Waals surface area contributed by atoms with Crippen molar-refractivity contribution in [3.05, 3.63) is 28.8 Å². The van der Waals surface area contributed by atoms with Gasteiger partial charge in [0.1, 0.15) is 5.02 Å². The molecule has 0 saturated carbocycles. The third kappa shape index (κ3) is 1.69. The summed E-state index contributed by atoms with van der Waals surface area (Å²) in [6, 6.07) is 4.27. The maximum absolute atomic E-state index is 10.5. The van der Waals surface area contributed by atoms with Crippen LogP contribution in [0.25, 0.3) is 0 Å². The van der Waals surface area contributed by atoms with Crippen molar-refractivity contribution in [1.29, 1.82) is 0 Å². The fourth-order valence-electron chi connectivity index (χ4n) is 0.769. The number of rotatable bonds is 2. The Hall–Kier alpha value is -0.760. The zero-order valence-corrected chi connectivity index (χ0v) is 7.51. The fourth-order valence-corrected chi connectivity index (χ4v) is 1.64. The third-order valence-corrected chi connectivity index (χ3v) is 2.65. The van der Waals surface area contributed by atoms with Crippen LogP contribution in [0.4, 0.5) is 0 Å². The maximum atomic E-state index is 10.5. The standard InChI is InChI=1S/C7H4ClO3P/c8-7-5(4-9)2-1-3-6(7)12(10)11/h1-4H. The molecule has 0 aliphatic carbocycles. The molecule has 0 spiro atoms. The summed E-state index contributed by atoms with van der Waals surface area (Å²) in [6.45, 7) is 0. The fraction of sp³-hybridized carbons (Fsp3) is 0. The smallest absolute Gasteiger partial charge is 0.350 e. The molecule has 1 aromatic rings. The lowest BCUT2D eigenvalue weighted by molar-refractivity contribution is -0.160. The van der Waals surface area contributed by atoms with Crippen LogP contribution in [-0.4, -0.2) is 6.29 Å². The first kappa shape index (κ1) is 9.33. The number of hydrogen-bond acceptors (Lipinski definition) is 3. The van der Waals surface area contributed by atoms with Gasteiger partial charge in [0.2, 0.25) is 5.30 Å². The zero-order chi connectivity index (χ0) is 9.14. The Bertz CT molecular complexity index is 337. The lowest BCUT2D eigenvalue weighted by atomic mass is 10.2. The third-order valence-electron chi connectivity index (χ3n) is 1.33. The van der Waals surface area contributed by atoms with Crippen LogP contribution in [0, 0.1) is 0 Å². The highest BCUT2D eigenvalue weighted by atomic mass is 35.5. The first-order chi connectivity index (χ1) is 5.66. The van der Waals surface area contributed by atoms with Crippen molar-refractivity contribution in [2.45, 2.75) is 0 Å². The van der Waals surface area contributed by atoms with E-state index in [1.165, 1.54) is 18.2 Å². The average Bonchev–Trinajstić information content (AvgIpc) is 2.04. The van der Waals surface area contributed by atoms with Gasteiger partial charge in [0.25, 0.3) is 0 Å². The van der Waals surface area contributed by atoms with E-state index in [0.717, 1.165) is 0 Å². The van der Waals surface area contributed by atoms with E-state index < -0.39 is 8.03 Å². The Morgan fingerprint density at radius 1 is 1.50 bits per heavy atom. The van der Waals surface area contributed by atoms with Gasteiger partial charge in [-0.3, -0.25) is 4.79 Å². The zero-order valence-electron chi connectivity index (χ0n) is 5.86. The molecule has 12 heavy (non-hydrogen) atoms. The highest BCUT2D eigenvalue weighted by Crippen LogP contribution is 2.19. The summed E-state index contributed by atoms with van der Waals surface area (Å²) in [5.41, 5.74) is 0.188. The van der Waals surface area contributed by atoms with E-state index in [1.54, 1.807) is 0 Å². The second-order valence-corrected chi connectivity index (χ2v) is 3.43. The summed E-state index contributed by atoms with van der Waals surface area (Å²) in [5.74, 6) is 0. The number of carbonyl (C=O) groups excluding carboxylic acids is 1. The minimum Gasteiger partial charge on any atom is -0.591 e. The summed E-state index contributed by atoms with van der Waals surface area (Å²) in [5, 5.41) is -0.0279. The molecule has 0 fully saturated rings. The normalized spacial score (nSPS) is 11.0. The van der Waals surface area contributed by atoms with Gasteiger partial charge in [-0.25, -0.2) is 0 Å². The highest BCUT2D eigenvalue weighted by molar-refractivity contribution is 7.46. The van der Waals surface area contributed by atoms with Gasteiger partial charge in [-0.1, -0.05) is 22.2 Å². The van der Waals surface area contributed by atoms with E-state index in [-0.39, 0.29) is 15.9 Å². The van der Waals surface area contributed by atoms with Crippen LogP contribution in [0.1, 0.15) is 10.4 Å². The molecule has 0 radical (unpaired) electrons. The quantitative estimate of drug-likeness (QED) is 0.528. The van der Waals surface area contributed by atoms with Crippen LogP contribution >= 0.6 is 19.6 Å². The number of carbonyl (C=O) groups is 1. The van der Waals surface area contributed by atoms with E-state index >= 15 is 0 Å². The molecule has 3 nitrogen and oxygen atoms in total. The summed E-state index contributed by atoms with van der Waals surface area (Å²) >= 11 is 5.59. The Morgan fingerprint density at radius 3 is 2.67 bits per heavy atom. The Morgan fingerprint density at radius 2 is 2.17 bits per heavy atom. The van der Waals surface area contributed by atoms with Gasteiger partial charge < -0.3 is 4.89 Å². The van der Waals surface area contributed by atoms with Crippen molar-refractivity contribution in [2.75, 3.05) is 0 Å². The second kappa shape index (κ2) is 3.76. The van der Waals surface area contributed by atoms with Crippen LogP contribution in [0.15, 0.2) is 18.2 Å². The molecule has 1 unspecified atom stereocenters. The van der Waals surface area contributed by atoms with Gasteiger partial charge in [-0.2, -0.15) is 0 Å². The molecule has 0 bridgehead atoms. The molecule has 0 aliphatic rings. The predicted octanol–water partition coefficient (Wildman–Crippen LogP) is 0.880. The number of benzene rings is 1. The Kier molecular flexibility index (Phi) is 2.93. The lowest BCUT2D eigenvalue weighted by Gasteiger charge is -1.95. The summed E-state index contributed by atoms with van der Waals surface area (Å²) < 4.78 is 10.5. The van der Waals surface area contributed by atoms with Gasteiger partial charge in [0.15, 0.2) is 6.29 Å². The molecule has 1 atom stereocenters. The van der Waals surface area contributed by atoms with Crippen molar-refractivity contribution >= 4 is 31.2 Å². The predicted molar refractivity (Wildman–Crippen MR) is 44.1 cm³/mol. The van der Waals surface area contributed by atoms with Crippen molar-refractivity contribution in [3.8, 4) is 0 Å². The Balaban J connectivity index is 3.32. The van der Waals surface area contributed by atoms with Crippen molar-refractivity contribution in [1.82, 2.24) is 0 Å². The first-order valence-electron chi connectivity index (χ1n) is 3.05. The molecule has 5 heteroatoms. The molecular weight excluding hydrogens is 199 g/mol. The van der Waals surface area contributed by atoms with Gasteiger partial charge >= 0.3 is 8.03 Å². The minimum atomic E-state index is -2.73. The molecular formula is C7H4ClO3P. The van der Waals surface area contributed by atoms with Gasteiger partial charge in [-0.15, -0.1) is 0 Å². The number of aldehydes is 1. The summed E-state index contributed by atoms with van der Waals surface area (Å²) in [4.78, 5) is 20.8. The van der Waals surface area contributed by atoms with E-state index in [4.69, 9.17) is 11.6 Å². The van der Waals surface area contributed by atoms with Gasteiger partial charge in [0, 0.05) is 5.56 Å². The largest absolute Gasteiger partial charge is 0.591 e. The second-order valence-electron chi connectivity index (χ2n) is 2.06. The summed E-state index contributed by atoms with van der Waals surface area (Å²) in [6.07, 6.45) is 0.519. The summed E-state index contributed by atoms with van der Waals surface area (Å²) in [7, 11) is -2.73. The molecule has 0 amide bonds. The van der Waals surface area contributed by atoms with Gasteiger partial charge in [-0.05, 0) is 12.1 Å². The Labute approximate surface area is 74.8 Å². The molecule has 1 rings (SSSR count). The molecule has 0 N–H and O–H groups in total. The van der Waals surface area contributed by atoms with Crippen LogP contribution in [0.5, 0.6) is 0 Å². The van der Waals surface area contributed by atoms with E-state index in [0.29, 0.717) is 6.29 Å². The van der Waals surface area contributed by atoms with Crippen LogP contribution < -0.4 is 10.2 Å². The molecule has 0 aromatic heterocycles. The molecule has 0 heterocycles. The molecule has 1 aromatic carbocycles. The molecule has 0 aliphatic heterocycles. The van der Waals surface area contributed by atoms with Crippen molar-refractivity contribution in [3.63, 3.8) is 0 Å². The monoisotopic (exact) mass is 202 g/mol. The van der Waals surface area contributed by atoms with Crippen LogP contribution in [0.2, 0.25) is 5.02 Å². The van der Waals surface area contributed by atoms with E-state index in [2.05, 4.69) is 0 Å². The van der Waals surface area contributed by atoms with Crippen LogP contribution in [-0.2, 0) is 4.57 Å². The minimum absolute atomic E-state index is 0.0105. The lowest BCUT2D eigenvalue weighted by Crippen LogP contribution is -2.07. The van der Waals surface area contributed by atoms with E-state index in [9.17, 15) is 14.3 Å². The molecule has 0 saturated heterocycles. The maximum Gasteiger partial charge on any atom is 0.350 e. The van der Waals surface area contributed by atoms with Crippen molar-refractivity contribution < 1.29 is 14.3 Å². The number of hydrogen-bond donors (Lipinski definition) is 0. The van der Waals surface area contributed by atoms with Crippen LogP contribution in [0.3, 0.4) is 0 Å². The highest BCUT2D eigenvalue weighted by Gasteiger charge is 2.15. The van der Waals surface area contributed by atoms with Gasteiger partial charge in [0.05, 0.1) is 0 Å². The SMILES string of the molecule is O=Cc1cccc([P+](=O)[O-])c1Cl. The molecule has 62 valence electrons. The number of halogens is 1. The van der Waals surface area contributed by atoms with Crippen molar-refractivity contribution in [2.24, 2.45) is 0 Å². The topological polar surface area (TPSA) is 57.2 Å².